The van der Waals surface area contributed by atoms with Gasteiger partial charge in [-0.3, -0.25) is 0 Å². The number of ether oxygens (including phenoxy) is 2. The van der Waals surface area contributed by atoms with Crippen LogP contribution in [0.15, 0.2) is 18.2 Å². The molecular formula is C15H21NO3. The Hall–Kier alpha value is -1.42. The first kappa shape index (κ1) is 12.6. The minimum Gasteiger partial charge on any atom is -0.454 e. The van der Waals surface area contributed by atoms with Crippen molar-refractivity contribution in [2.75, 3.05) is 31.4 Å². The quantitative estimate of drug-likeness (QED) is 0.888. The number of rotatable bonds is 2. The van der Waals surface area contributed by atoms with Crippen molar-refractivity contribution in [1.82, 2.24) is 0 Å². The van der Waals surface area contributed by atoms with Gasteiger partial charge in [0.2, 0.25) is 6.79 Å². The molecule has 0 aromatic heterocycles. The summed E-state index contributed by atoms with van der Waals surface area (Å²) in [7, 11) is 0. The molecule has 19 heavy (non-hydrogen) atoms. The zero-order valence-electron chi connectivity index (χ0n) is 11.6. The zero-order valence-corrected chi connectivity index (χ0v) is 11.6. The summed E-state index contributed by atoms with van der Waals surface area (Å²) in [6.45, 7) is 6.99. The van der Waals surface area contributed by atoms with Gasteiger partial charge in [0.1, 0.15) is 0 Å². The van der Waals surface area contributed by atoms with Crippen LogP contribution in [0.5, 0.6) is 11.5 Å². The monoisotopic (exact) mass is 263 g/mol. The molecule has 4 nitrogen and oxygen atoms in total. The number of nitrogens with zero attached hydrogens (tertiary/aromatic N) is 1. The van der Waals surface area contributed by atoms with Crippen LogP contribution in [0.4, 0.5) is 5.69 Å². The highest BCUT2D eigenvalue weighted by molar-refractivity contribution is 5.57. The smallest absolute Gasteiger partial charge is 0.231 e. The molecule has 2 aliphatic rings. The lowest BCUT2D eigenvalue weighted by Gasteiger charge is -2.44. The molecule has 0 amide bonds. The van der Waals surface area contributed by atoms with E-state index < -0.39 is 0 Å². The molecule has 2 heterocycles. The zero-order chi connectivity index (χ0) is 13.5. The van der Waals surface area contributed by atoms with Gasteiger partial charge in [0.05, 0.1) is 0 Å². The van der Waals surface area contributed by atoms with Gasteiger partial charge in [0.25, 0.3) is 0 Å². The number of piperidine rings is 1. The molecule has 0 bridgehead atoms. The largest absolute Gasteiger partial charge is 0.454 e. The van der Waals surface area contributed by atoms with Crippen LogP contribution in [0.1, 0.15) is 20.3 Å². The average molecular weight is 263 g/mol. The lowest BCUT2D eigenvalue weighted by atomic mass is 9.74. The van der Waals surface area contributed by atoms with Gasteiger partial charge in [0, 0.05) is 31.5 Å². The molecule has 1 fully saturated rings. The maximum atomic E-state index is 9.46. The second-order valence-electron chi connectivity index (χ2n) is 6.12. The molecule has 0 saturated carbocycles. The van der Waals surface area contributed by atoms with Crippen LogP contribution in [0.25, 0.3) is 0 Å². The van der Waals surface area contributed by atoms with Gasteiger partial charge in [-0.25, -0.2) is 0 Å². The number of fused-ring (bicyclic) bond motifs is 1. The topological polar surface area (TPSA) is 41.9 Å². The molecular weight excluding hydrogens is 242 g/mol. The molecule has 104 valence electrons. The fraction of sp³-hybridized carbons (Fsp3) is 0.600. The molecule has 1 aromatic carbocycles. The standard InChI is InChI=1S/C15H21NO3/c1-15(2)9-16(6-5-11(15)8-17)12-3-4-13-14(7-12)19-10-18-13/h3-4,7,11,17H,5-6,8-10H2,1-2H3. The first-order valence-electron chi connectivity index (χ1n) is 6.85. The fourth-order valence-electron chi connectivity index (χ4n) is 3.04. The van der Waals surface area contributed by atoms with E-state index in [1.807, 2.05) is 6.07 Å². The van der Waals surface area contributed by atoms with E-state index in [-0.39, 0.29) is 12.0 Å². The van der Waals surface area contributed by atoms with E-state index in [2.05, 4.69) is 30.9 Å². The van der Waals surface area contributed by atoms with Gasteiger partial charge in [-0.05, 0) is 29.9 Å². The molecule has 0 radical (unpaired) electrons. The Kier molecular flexibility index (Phi) is 3.05. The van der Waals surface area contributed by atoms with Crippen LogP contribution >= 0.6 is 0 Å². The fourth-order valence-corrected chi connectivity index (χ4v) is 3.04. The lowest BCUT2D eigenvalue weighted by molar-refractivity contribution is 0.0972. The van der Waals surface area contributed by atoms with Crippen molar-refractivity contribution in [2.24, 2.45) is 11.3 Å². The van der Waals surface area contributed by atoms with Gasteiger partial charge >= 0.3 is 0 Å². The van der Waals surface area contributed by atoms with Crippen LogP contribution in [0.3, 0.4) is 0 Å². The second kappa shape index (κ2) is 4.60. The number of aliphatic hydroxyl groups is 1. The third-order valence-electron chi connectivity index (χ3n) is 4.39. The average Bonchev–Trinajstić information content (AvgIpc) is 2.84. The number of hydrogen-bond acceptors (Lipinski definition) is 4. The molecule has 1 aromatic rings. The van der Waals surface area contributed by atoms with Gasteiger partial charge in [0.15, 0.2) is 11.5 Å². The molecule has 3 rings (SSSR count). The number of benzene rings is 1. The van der Waals surface area contributed by atoms with Crippen molar-refractivity contribution >= 4 is 5.69 Å². The van der Waals surface area contributed by atoms with Crippen molar-refractivity contribution in [1.29, 1.82) is 0 Å². The van der Waals surface area contributed by atoms with E-state index >= 15 is 0 Å². The van der Waals surface area contributed by atoms with Crippen LogP contribution in [-0.2, 0) is 0 Å². The normalized spacial score (nSPS) is 24.6. The SMILES string of the molecule is CC1(C)CN(c2ccc3c(c2)OCO3)CCC1CO. The summed E-state index contributed by atoms with van der Waals surface area (Å²) < 4.78 is 10.8. The van der Waals surface area contributed by atoms with Crippen LogP contribution < -0.4 is 14.4 Å². The summed E-state index contributed by atoms with van der Waals surface area (Å²) in [6.07, 6.45) is 1.03. The molecule has 1 saturated heterocycles. The number of aliphatic hydroxyl groups excluding tert-OH is 1. The van der Waals surface area contributed by atoms with E-state index in [0.717, 1.165) is 31.0 Å². The van der Waals surface area contributed by atoms with E-state index in [1.165, 1.54) is 5.69 Å². The third kappa shape index (κ3) is 2.25. The Balaban J connectivity index is 1.80. The van der Waals surface area contributed by atoms with E-state index in [4.69, 9.17) is 9.47 Å². The molecule has 2 aliphatic heterocycles. The Bertz CT molecular complexity index is 472. The first-order chi connectivity index (χ1) is 9.10. The first-order valence-corrected chi connectivity index (χ1v) is 6.85. The van der Waals surface area contributed by atoms with Crippen molar-refractivity contribution in [3.8, 4) is 11.5 Å². The summed E-state index contributed by atoms with van der Waals surface area (Å²) in [4.78, 5) is 2.37. The van der Waals surface area contributed by atoms with Gasteiger partial charge in [-0.15, -0.1) is 0 Å². The maximum absolute atomic E-state index is 9.46. The van der Waals surface area contributed by atoms with Crippen molar-refractivity contribution in [2.45, 2.75) is 20.3 Å². The molecule has 4 heteroatoms. The predicted octanol–water partition coefficient (Wildman–Crippen LogP) is 2.26. The van der Waals surface area contributed by atoms with E-state index in [0.29, 0.717) is 12.7 Å². The third-order valence-corrected chi connectivity index (χ3v) is 4.39. The second-order valence-corrected chi connectivity index (χ2v) is 6.12. The van der Waals surface area contributed by atoms with Crippen LogP contribution in [-0.4, -0.2) is 31.6 Å². The number of anilines is 1. The van der Waals surface area contributed by atoms with Crippen LogP contribution in [0.2, 0.25) is 0 Å². The summed E-state index contributed by atoms with van der Waals surface area (Å²) >= 11 is 0. The minimum absolute atomic E-state index is 0.128. The molecule has 1 unspecified atom stereocenters. The number of hydrogen-bond donors (Lipinski definition) is 1. The van der Waals surface area contributed by atoms with Crippen molar-refractivity contribution in [3.63, 3.8) is 0 Å². The molecule has 1 N–H and O–H groups in total. The molecule has 0 spiro atoms. The lowest BCUT2D eigenvalue weighted by Crippen LogP contribution is -2.47. The Labute approximate surface area is 113 Å². The highest BCUT2D eigenvalue weighted by atomic mass is 16.7. The maximum Gasteiger partial charge on any atom is 0.231 e. The van der Waals surface area contributed by atoms with Crippen molar-refractivity contribution in [3.05, 3.63) is 18.2 Å². The minimum atomic E-state index is 0.128. The predicted molar refractivity (Wildman–Crippen MR) is 73.8 cm³/mol. The Morgan fingerprint density at radius 1 is 1.32 bits per heavy atom. The van der Waals surface area contributed by atoms with Gasteiger partial charge in [-0.2, -0.15) is 0 Å². The highest BCUT2D eigenvalue weighted by Crippen LogP contribution is 2.40. The Morgan fingerprint density at radius 2 is 2.11 bits per heavy atom. The van der Waals surface area contributed by atoms with Crippen LogP contribution in [0, 0.1) is 11.3 Å². The van der Waals surface area contributed by atoms with Gasteiger partial charge in [-0.1, -0.05) is 13.8 Å². The molecule has 0 aliphatic carbocycles. The van der Waals surface area contributed by atoms with E-state index in [1.54, 1.807) is 0 Å². The summed E-state index contributed by atoms with van der Waals surface area (Å²) in [5, 5.41) is 9.46. The van der Waals surface area contributed by atoms with Gasteiger partial charge < -0.3 is 19.5 Å². The summed E-state index contributed by atoms with van der Waals surface area (Å²) in [5.74, 6) is 2.05. The van der Waals surface area contributed by atoms with Crippen molar-refractivity contribution < 1.29 is 14.6 Å². The summed E-state index contributed by atoms with van der Waals surface area (Å²) in [5.41, 5.74) is 1.30. The summed E-state index contributed by atoms with van der Waals surface area (Å²) in [6, 6.07) is 6.11. The van der Waals surface area contributed by atoms with E-state index in [9.17, 15) is 5.11 Å². The highest BCUT2D eigenvalue weighted by Gasteiger charge is 2.35. The molecule has 1 atom stereocenters. The Morgan fingerprint density at radius 3 is 2.84 bits per heavy atom.